The third-order valence-electron chi connectivity index (χ3n) is 7.18. The predicted molar refractivity (Wildman–Crippen MR) is 108 cm³/mol. The quantitative estimate of drug-likeness (QED) is 0.792. The maximum absolute atomic E-state index is 12.6. The van der Waals surface area contributed by atoms with Crippen LogP contribution in [0.1, 0.15) is 58.8 Å². The summed E-state index contributed by atoms with van der Waals surface area (Å²) < 4.78 is 12.6. The molecule has 1 aliphatic heterocycles. The maximum atomic E-state index is 12.6. The van der Waals surface area contributed by atoms with Gasteiger partial charge in [-0.25, -0.2) is 9.97 Å². The van der Waals surface area contributed by atoms with Crippen LogP contribution < -0.4 is 16.0 Å². The molecule has 1 aromatic heterocycles. The predicted octanol–water partition coefficient (Wildman–Crippen LogP) is 3.76. The van der Waals surface area contributed by atoms with Gasteiger partial charge in [-0.15, -0.1) is 0 Å². The van der Waals surface area contributed by atoms with E-state index in [1.165, 1.54) is 12.8 Å². The topological polar surface area (TPSA) is 67.1 Å². The largest absolute Gasteiger partial charge is 0.380 e. The molecule has 3 N–H and O–H groups in total. The number of nitrogens with two attached hydrogens (primary N) is 1. The fourth-order valence-electron chi connectivity index (χ4n) is 5.74. The number of nitrogens with zero attached hydrogens (tertiary/aromatic N) is 3. The van der Waals surface area contributed by atoms with E-state index in [2.05, 4.69) is 34.0 Å². The van der Waals surface area contributed by atoms with Gasteiger partial charge < -0.3 is 16.0 Å². The molecule has 0 unspecified atom stereocenters. The minimum atomic E-state index is -0.299. The van der Waals surface area contributed by atoms with Gasteiger partial charge in [0, 0.05) is 24.7 Å². The molecule has 1 aromatic rings. The number of nitrogens with one attached hydrogen (secondary N) is 1. The van der Waals surface area contributed by atoms with Crippen molar-refractivity contribution in [3.05, 3.63) is 12.4 Å². The second kappa shape index (κ2) is 7.19. The first kappa shape index (κ1) is 18.9. The van der Waals surface area contributed by atoms with Gasteiger partial charge in [-0.2, -0.15) is 0 Å². The molecule has 3 fully saturated rings. The highest BCUT2D eigenvalue weighted by molar-refractivity contribution is 5.44. The fraction of sp³-hybridized carbons (Fsp3) is 0.810. The van der Waals surface area contributed by atoms with Gasteiger partial charge in [-0.05, 0) is 62.2 Å². The van der Waals surface area contributed by atoms with Crippen molar-refractivity contribution in [2.75, 3.05) is 30.0 Å². The van der Waals surface area contributed by atoms with Gasteiger partial charge in [0.15, 0.2) is 0 Å². The molecule has 1 saturated heterocycles. The molecule has 6 heteroatoms. The summed E-state index contributed by atoms with van der Waals surface area (Å²) in [6.07, 6.45) is 11.0. The summed E-state index contributed by atoms with van der Waals surface area (Å²) in [6, 6.07) is 0.469. The van der Waals surface area contributed by atoms with Crippen LogP contribution in [-0.4, -0.2) is 41.3 Å². The average molecular weight is 376 g/mol. The lowest BCUT2D eigenvalue weighted by molar-refractivity contribution is -0.0563. The second-order valence-electron chi connectivity index (χ2n) is 9.74. The molecule has 0 atom stereocenters. The molecule has 27 heavy (non-hydrogen) atoms. The van der Waals surface area contributed by atoms with E-state index in [1.807, 2.05) is 12.4 Å². The molecule has 2 aliphatic carbocycles. The number of anilines is 2. The molecule has 0 aromatic carbocycles. The number of aromatic nitrogens is 2. The van der Waals surface area contributed by atoms with Crippen LogP contribution in [0.4, 0.5) is 16.0 Å². The zero-order valence-corrected chi connectivity index (χ0v) is 16.8. The monoisotopic (exact) mass is 375 g/mol. The fourth-order valence-corrected chi connectivity index (χ4v) is 5.74. The van der Waals surface area contributed by atoms with Crippen LogP contribution in [0.25, 0.3) is 0 Å². The lowest BCUT2D eigenvalue weighted by Gasteiger charge is -2.62. The minimum absolute atomic E-state index is 0.243. The van der Waals surface area contributed by atoms with Crippen LogP contribution in [0.5, 0.6) is 0 Å². The highest BCUT2D eigenvalue weighted by Crippen LogP contribution is 2.60. The van der Waals surface area contributed by atoms with Crippen LogP contribution >= 0.6 is 0 Å². The van der Waals surface area contributed by atoms with Crippen molar-refractivity contribution in [1.82, 2.24) is 9.97 Å². The Morgan fingerprint density at radius 1 is 1.22 bits per heavy atom. The first-order valence-electron chi connectivity index (χ1n) is 10.6. The van der Waals surface area contributed by atoms with Gasteiger partial charge in [0.1, 0.15) is 0 Å². The summed E-state index contributed by atoms with van der Waals surface area (Å²) in [6.45, 7) is 6.45. The van der Waals surface area contributed by atoms with Gasteiger partial charge in [-0.3, -0.25) is 4.39 Å². The molecule has 2 saturated carbocycles. The number of alkyl halides is 1. The zero-order chi connectivity index (χ0) is 19.1. The van der Waals surface area contributed by atoms with E-state index in [-0.39, 0.29) is 12.2 Å². The van der Waals surface area contributed by atoms with Gasteiger partial charge in [0.05, 0.1) is 24.8 Å². The third kappa shape index (κ3) is 3.91. The Bertz CT molecular complexity index is 624. The van der Waals surface area contributed by atoms with Gasteiger partial charge in [0.2, 0.25) is 5.95 Å². The molecule has 1 spiro atoms. The normalized spacial score (nSPS) is 33.8. The van der Waals surface area contributed by atoms with Crippen molar-refractivity contribution in [2.45, 2.75) is 70.4 Å². The van der Waals surface area contributed by atoms with E-state index in [0.29, 0.717) is 17.9 Å². The van der Waals surface area contributed by atoms with Crippen molar-refractivity contribution in [1.29, 1.82) is 0 Å². The van der Waals surface area contributed by atoms with E-state index in [0.717, 1.165) is 62.2 Å². The maximum Gasteiger partial charge on any atom is 0.225 e. The van der Waals surface area contributed by atoms with Gasteiger partial charge >= 0.3 is 0 Å². The van der Waals surface area contributed by atoms with E-state index < -0.39 is 0 Å². The Hall–Kier alpha value is -1.43. The summed E-state index contributed by atoms with van der Waals surface area (Å²) in [4.78, 5) is 11.5. The highest BCUT2D eigenvalue weighted by atomic mass is 19.1. The Morgan fingerprint density at radius 3 is 2.41 bits per heavy atom. The van der Waals surface area contributed by atoms with E-state index in [4.69, 9.17) is 5.73 Å². The molecular weight excluding hydrogens is 341 g/mol. The standard InChI is InChI=1S/C21H34FN5/c1-15(2)16-3-7-27(8-4-16)19-24-11-18(12-25-19)26-17-9-20(10-17)13-21(23,14-20)5-6-22/h11-12,15-17,26H,3-10,13-14,23H2,1-2H3. The zero-order valence-electron chi connectivity index (χ0n) is 16.8. The summed E-state index contributed by atoms with van der Waals surface area (Å²) in [7, 11) is 0. The third-order valence-corrected chi connectivity index (χ3v) is 7.18. The molecular formula is C21H34FN5. The summed E-state index contributed by atoms with van der Waals surface area (Å²) in [5.41, 5.74) is 7.34. The molecule has 0 bridgehead atoms. The number of halogens is 1. The molecule has 0 radical (unpaired) electrons. The van der Waals surface area contributed by atoms with Gasteiger partial charge in [0.25, 0.3) is 0 Å². The molecule has 4 rings (SSSR count). The Kier molecular flexibility index (Phi) is 5.04. The lowest BCUT2D eigenvalue weighted by atomic mass is 9.46. The molecule has 0 amide bonds. The Morgan fingerprint density at radius 2 is 1.85 bits per heavy atom. The van der Waals surface area contributed by atoms with Crippen molar-refractivity contribution in [3.8, 4) is 0 Å². The van der Waals surface area contributed by atoms with E-state index >= 15 is 0 Å². The lowest BCUT2D eigenvalue weighted by Crippen LogP contribution is -2.64. The number of hydrogen-bond donors (Lipinski definition) is 2. The molecule has 150 valence electrons. The first-order valence-corrected chi connectivity index (χ1v) is 10.6. The van der Waals surface area contributed by atoms with E-state index in [9.17, 15) is 4.39 Å². The first-order chi connectivity index (χ1) is 12.9. The summed E-state index contributed by atoms with van der Waals surface area (Å²) >= 11 is 0. The SMILES string of the molecule is CC(C)C1CCN(c2ncc(NC3CC4(C3)CC(N)(CCF)C4)cn2)CC1. The van der Waals surface area contributed by atoms with Crippen LogP contribution in [0.3, 0.4) is 0 Å². The number of rotatable bonds is 6. The smallest absolute Gasteiger partial charge is 0.225 e. The molecule has 3 aliphatic rings. The average Bonchev–Trinajstić information content (AvgIpc) is 2.60. The van der Waals surface area contributed by atoms with Crippen molar-refractivity contribution in [3.63, 3.8) is 0 Å². The second-order valence-corrected chi connectivity index (χ2v) is 9.74. The Labute approximate surface area is 162 Å². The molecule has 5 nitrogen and oxygen atoms in total. The number of hydrogen-bond acceptors (Lipinski definition) is 5. The van der Waals surface area contributed by atoms with E-state index in [1.54, 1.807) is 0 Å². The number of piperidine rings is 1. The van der Waals surface area contributed by atoms with Gasteiger partial charge in [-0.1, -0.05) is 13.8 Å². The summed E-state index contributed by atoms with van der Waals surface area (Å²) in [5, 5.41) is 3.55. The van der Waals surface area contributed by atoms with Crippen molar-refractivity contribution < 1.29 is 4.39 Å². The minimum Gasteiger partial charge on any atom is -0.380 e. The Balaban J connectivity index is 1.23. The van der Waals surface area contributed by atoms with Crippen LogP contribution in [0, 0.1) is 17.3 Å². The van der Waals surface area contributed by atoms with Crippen molar-refractivity contribution >= 4 is 11.6 Å². The molecule has 2 heterocycles. The van der Waals surface area contributed by atoms with Crippen LogP contribution in [0.2, 0.25) is 0 Å². The van der Waals surface area contributed by atoms with Crippen molar-refractivity contribution in [2.24, 2.45) is 23.0 Å². The highest BCUT2D eigenvalue weighted by Gasteiger charge is 2.58. The van der Waals surface area contributed by atoms with Crippen LogP contribution in [0.15, 0.2) is 12.4 Å². The summed E-state index contributed by atoms with van der Waals surface area (Å²) in [5.74, 6) is 2.45. The van der Waals surface area contributed by atoms with Crippen LogP contribution in [-0.2, 0) is 0 Å².